The van der Waals surface area contributed by atoms with Crippen LogP contribution < -0.4 is 0 Å². The predicted molar refractivity (Wildman–Crippen MR) is 139 cm³/mol. The molecule has 11 nitrogen and oxygen atoms in total. The molecule has 11 heteroatoms. The van der Waals surface area contributed by atoms with Crippen molar-refractivity contribution in [1.82, 2.24) is 9.80 Å². The number of ether oxygens (including phenoxy) is 1. The molecule has 38 heavy (non-hydrogen) atoms. The molecule has 2 aromatic rings. The molecule has 0 aromatic heterocycles. The van der Waals surface area contributed by atoms with E-state index in [1.807, 2.05) is 0 Å². The third-order valence-corrected chi connectivity index (χ3v) is 5.48. The number of aliphatic carboxylic acids is 4. The van der Waals surface area contributed by atoms with Crippen molar-refractivity contribution in [3.8, 4) is 0 Å². The van der Waals surface area contributed by atoms with E-state index in [4.69, 9.17) is 44.3 Å². The molecule has 0 radical (unpaired) electrons. The largest absolute Gasteiger partial charge is 0.473 e. The molecule has 0 spiro atoms. The van der Waals surface area contributed by atoms with Crippen molar-refractivity contribution in [1.29, 1.82) is 0 Å². The van der Waals surface area contributed by atoms with E-state index in [0.717, 1.165) is 58.6 Å². The van der Waals surface area contributed by atoms with Gasteiger partial charge in [0.1, 0.15) is 0 Å². The maximum atomic E-state index is 9.10. The highest BCUT2D eigenvalue weighted by atomic mass is 16.5. The van der Waals surface area contributed by atoms with Crippen molar-refractivity contribution >= 4 is 23.9 Å². The highest BCUT2D eigenvalue weighted by molar-refractivity contribution is 6.27. The first-order valence-electron chi connectivity index (χ1n) is 12.1. The van der Waals surface area contributed by atoms with Crippen LogP contribution in [0, 0.1) is 0 Å². The summed E-state index contributed by atoms with van der Waals surface area (Å²) in [5, 5.41) is 29.6. The Hall–Kier alpha value is -3.80. The molecule has 208 valence electrons. The Balaban J connectivity index is 0.000000503. The minimum absolute atomic E-state index is 0.446. The van der Waals surface area contributed by atoms with E-state index in [2.05, 4.69) is 77.5 Å². The highest BCUT2D eigenvalue weighted by Crippen LogP contribution is 2.16. The van der Waals surface area contributed by atoms with E-state index >= 15 is 0 Å². The van der Waals surface area contributed by atoms with Gasteiger partial charge in [0.05, 0.1) is 6.10 Å². The number of benzene rings is 2. The lowest BCUT2D eigenvalue weighted by Gasteiger charge is -2.32. The molecule has 1 aliphatic heterocycles. The van der Waals surface area contributed by atoms with Crippen molar-refractivity contribution < 1.29 is 44.3 Å². The van der Waals surface area contributed by atoms with Crippen molar-refractivity contribution in [2.24, 2.45) is 0 Å². The van der Waals surface area contributed by atoms with Crippen LogP contribution in [0.25, 0.3) is 0 Å². The van der Waals surface area contributed by atoms with Gasteiger partial charge in [-0.3, -0.25) is 4.90 Å². The summed E-state index contributed by atoms with van der Waals surface area (Å²) in [6.07, 6.45) is 3.87. The molecule has 1 saturated heterocycles. The van der Waals surface area contributed by atoms with Crippen molar-refractivity contribution in [2.75, 3.05) is 33.3 Å². The Labute approximate surface area is 221 Å². The maximum absolute atomic E-state index is 9.10. The maximum Gasteiger partial charge on any atom is 0.414 e. The smallest absolute Gasteiger partial charge is 0.414 e. The zero-order chi connectivity index (χ0) is 28.3. The Morgan fingerprint density at radius 1 is 0.789 bits per heavy atom. The van der Waals surface area contributed by atoms with Gasteiger partial charge in [-0.1, -0.05) is 60.7 Å². The average molecular weight is 533 g/mol. The molecule has 3 rings (SSSR count). The third-order valence-electron chi connectivity index (χ3n) is 5.48. The van der Waals surface area contributed by atoms with E-state index in [-0.39, 0.29) is 0 Å². The molecule has 1 heterocycles. The molecule has 1 fully saturated rings. The first-order valence-corrected chi connectivity index (χ1v) is 12.1. The number of rotatable bonds is 9. The number of hydrogen-bond acceptors (Lipinski definition) is 7. The molecular formula is C27H36N2O9. The van der Waals surface area contributed by atoms with Crippen LogP contribution in [0.4, 0.5) is 0 Å². The van der Waals surface area contributed by atoms with Crippen LogP contribution in [0.3, 0.4) is 0 Å². The van der Waals surface area contributed by atoms with Crippen molar-refractivity contribution in [2.45, 2.75) is 38.5 Å². The summed E-state index contributed by atoms with van der Waals surface area (Å²) >= 11 is 0. The quantitative estimate of drug-likeness (QED) is 0.277. The molecule has 1 aliphatic rings. The molecule has 0 saturated carbocycles. The summed E-state index contributed by atoms with van der Waals surface area (Å²) in [6, 6.07) is 21.4. The molecule has 2 aromatic carbocycles. The second-order valence-corrected chi connectivity index (χ2v) is 8.63. The lowest BCUT2D eigenvalue weighted by atomic mass is 10.1. The van der Waals surface area contributed by atoms with Gasteiger partial charge in [0.25, 0.3) is 0 Å². The van der Waals surface area contributed by atoms with Gasteiger partial charge >= 0.3 is 23.9 Å². The molecular weight excluding hydrogens is 496 g/mol. The summed E-state index contributed by atoms with van der Waals surface area (Å²) in [5.74, 6) is -7.30. The van der Waals surface area contributed by atoms with Crippen LogP contribution in [-0.4, -0.2) is 93.5 Å². The average Bonchev–Trinajstić information content (AvgIpc) is 2.89. The summed E-state index contributed by atoms with van der Waals surface area (Å²) in [7, 11) is 2.19. The second-order valence-electron chi connectivity index (χ2n) is 8.63. The fourth-order valence-corrected chi connectivity index (χ4v) is 3.63. The van der Waals surface area contributed by atoms with Crippen LogP contribution in [0.5, 0.6) is 0 Å². The van der Waals surface area contributed by atoms with Gasteiger partial charge in [-0.15, -0.1) is 0 Å². The highest BCUT2D eigenvalue weighted by Gasteiger charge is 2.19. The number of carboxylic acids is 4. The number of piperidine rings is 1. The Bertz CT molecular complexity index is 931. The normalized spacial score (nSPS) is 13.4. The fourth-order valence-electron chi connectivity index (χ4n) is 3.63. The predicted octanol–water partition coefficient (Wildman–Crippen LogP) is 2.50. The van der Waals surface area contributed by atoms with Gasteiger partial charge in [0.15, 0.2) is 0 Å². The van der Waals surface area contributed by atoms with Crippen molar-refractivity contribution in [3.05, 3.63) is 71.8 Å². The molecule has 0 unspecified atom stereocenters. The van der Waals surface area contributed by atoms with Gasteiger partial charge in [-0.2, -0.15) is 0 Å². The topological polar surface area (TPSA) is 165 Å². The van der Waals surface area contributed by atoms with Crippen LogP contribution in [-0.2, 0) is 37.0 Å². The van der Waals surface area contributed by atoms with Gasteiger partial charge < -0.3 is 30.1 Å². The molecule has 0 amide bonds. The van der Waals surface area contributed by atoms with Crippen LogP contribution >= 0.6 is 0 Å². The fraction of sp³-hybridized carbons (Fsp3) is 0.407. The van der Waals surface area contributed by atoms with Gasteiger partial charge in [-0.05, 0) is 37.4 Å². The SMILES string of the molecule is CN(CCCOC1CCN(Cc2ccccc2)CC1)Cc1ccccc1.O=C(O)C(=O)O.O=C(O)C(=O)O. The van der Waals surface area contributed by atoms with E-state index in [9.17, 15) is 0 Å². The summed E-state index contributed by atoms with van der Waals surface area (Å²) in [4.78, 5) is 41.3. The number of likely N-dealkylation sites (tertiary alicyclic amines) is 1. The second kappa shape index (κ2) is 18.4. The van der Waals surface area contributed by atoms with Gasteiger partial charge in [-0.25, -0.2) is 19.2 Å². The molecule has 4 N–H and O–H groups in total. The number of carboxylic acid groups (broad SMARTS) is 4. The number of hydrogen-bond donors (Lipinski definition) is 4. The minimum atomic E-state index is -1.82. The van der Waals surface area contributed by atoms with E-state index in [1.165, 1.54) is 11.1 Å². The van der Waals surface area contributed by atoms with Crippen molar-refractivity contribution in [3.63, 3.8) is 0 Å². The zero-order valence-electron chi connectivity index (χ0n) is 21.4. The summed E-state index contributed by atoms with van der Waals surface area (Å²) < 4.78 is 6.13. The molecule has 0 bridgehead atoms. The molecule has 0 aliphatic carbocycles. The number of nitrogens with zero attached hydrogens (tertiary/aromatic N) is 2. The lowest BCUT2D eigenvalue weighted by molar-refractivity contribution is -0.159. The number of carbonyl (C=O) groups is 4. The first-order chi connectivity index (χ1) is 18.1. The van der Waals surface area contributed by atoms with E-state index < -0.39 is 23.9 Å². The Morgan fingerprint density at radius 2 is 1.24 bits per heavy atom. The first kappa shape index (κ1) is 32.2. The third kappa shape index (κ3) is 15.3. The zero-order valence-corrected chi connectivity index (χ0v) is 21.4. The monoisotopic (exact) mass is 532 g/mol. The Kier molecular flexibility index (Phi) is 15.6. The summed E-state index contributed by atoms with van der Waals surface area (Å²) in [6.45, 7) is 6.34. The van der Waals surface area contributed by atoms with Crippen LogP contribution in [0.15, 0.2) is 60.7 Å². The minimum Gasteiger partial charge on any atom is -0.473 e. The van der Waals surface area contributed by atoms with Crippen LogP contribution in [0.1, 0.15) is 30.4 Å². The lowest BCUT2D eigenvalue weighted by Crippen LogP contribution is -2.36. The van der Waals surface area contributed by atoms with Gasteiger partial charge in [0.2, 0.25) is 0 Å². The standard InChI is InChI=1S/C23H32N2O.2C2H2O4/c1-24(19-21-9-4-2-5-10-21)15-8-18-26-23-13-16-25(17-14-23)20-22-11-6-3-7-12-22;2*3-1(4)2(5)6/h2-7,9-12,23H,8,13-20H2,1H3;2*(H,3,4)(H,5,6). The molecule has 0 atom stereocenters. The van der Waals surface area contributed by atoms with E-state index in [0.29, 0.717) is 6.10 Å². The van der Waals surface area contributed by atoms with Gasteiger partial charge in [0, 0.05) is 39.3 Å². The summed E-state index contributed by atoms with van der Waals surface area (Å²) in [5.41, 5.74) is 2.79. The Morgan fingerprint density at radius 3 is 1.68 bits per heavy atom. The van der Waals surface area contributed by atoms with Crippen LogP contribution in [0.2, 0.25) is 0 Å². The van der Waals surface area contributed by atoms with E-state index in [1.54, 1.807) is 0 Å².